The van der Waals surface area contributed by atoms with E-state index in [9.17, 15) is 0 Å². The standard InChI is InChI=1S/C14H16ClN3O/c1-3-4-14-17-11(8-13(16)18-14)9-5-6-10(15)12(7-9)19-2/h5-8H,3-4H2,1-2H3,(H2,16,17,18). The van der Waals surface area contributed by atoms with Gasteiger partial charge in [0.1, 0.15) is 17.4 Å². The van der Waals surface area contributed by atoms with Gasteiger partial charge in [0.2, 0.25) is 0 Å². The van der Waals surface area contributed by atoms with E-state index in [0.717, 1.165) is 29.9 Å². The highest BCUT2D eigenvalue weighted by molar-refractivity contribution is 6.32. The fourth-order valence-corrected chi connectivity index (χ4v) is 2.01. The lowest BCUT2D eigenvalue weighted by molar-refractivity contribution is 0.415. The summed E-state index contributed by atoms with van der Waals surface area (Å²) >= 11 is 6.01. The van der Waals surface area contributed by atoms with Crippen LogP contribution in [0.25, 0.3) is 11.3 Å². The number of anilines is 1. The van der Waals surface area contributed by atoms with Crippen LogP contribution in [0.2, 0.25) is 5.02 Å². The number of methoxy groups -OCH3 is 1. The average Bonchev–Trinajstić information content (AvgIpc) is 2.39. The van der Waals surface area contributed by atoms with Crippen molar-refractivity contribution in [2.45, 2.75) is 19.8 Å². The molecule has 1 aromatic carbocycles. The number of aryl methyl sites for hydroxylation is 1. The summed E-state index contributed by atoms with van der Waals surface area (Å²) < 4.78 is 5.21. The highest BCUT2D eigenvalue weighted by Gasteiger charge is 2.08. The summed E-state index contributed by atoms with van der Waals surface area (Å²) in [4.78, 5) is 8.73. The van der Waals surface area contributed by atoms with E-state index in [0.29, 0.717) is 16.6 Å². The average molecular weight is 278 g/mol. The van der Waals surface area contributed by atoms with Crippen LogP contribution in [-0.2, 0) is 6.42 Å². The lowest BCUT2D eigenvalue weighted by Crippen LogP contribution is -2.01. The van der Waals surface area contributed by atoms with Crippen molar-refractivity contribution in [1.82, 2.24) is 9.97 Å². The minimum atomic E-state index is 0.474. The van der Waals surface area contributed by atoms with Crippen LogP contribution < -0.4 is 10.5 Å². The van der Waals surface area contributed by atoms with Crippen molar-refractivity contribution in [3.8, 4) is 17.0 Å². The highest BCUT2D eigenvalue weighted by atomic mass is 35.5. The highest BCUT2D eigenvalue weighted by Crippen LogP contribution is 2.30. The van der Waals surface area contributed by atoms with Crippen LogP contribution in [0.15, 0.2) is 24.3 Å². The van der Waals surface area contributed by atoms with E-state index in [1.54, 1.807) is 19.2 Å². The van der Waals surface area contributed by atoms with Gasteiger partial charge in [-0.15, -0.1) is 0 Å². The summed E-state index contributed by atoms with van der Waals surface area (Å²) in [6, 6.07) is 7.28. The molecule has 0 aliphatic heterocycles. The van der Waals surface area contributed by atoms with Crippen molar-refractivity contribution in [1.29, 1.82) is 0 Å². The fourth-order valence-electron chi connectivity index (χ4n) is 1.82. The Bertz CT molecular complexity index is 587. The topological polar surface area (TPSA) is 61.0 Å². The minimum Gasteiger partial charge on any atom is -0.495 e. The van der Waals surface area contributed by atoms with Crippen molar-refractivity contribution < 1.29 is 4.74 Å². The molecule has 2 aromatic rings. The molecular weight excluding hydrogens is 262 g/mol. The van der Waals surface area contributed by atoms with Gasteiger partial charge in [0.15, 0.2) is 0 Å². The summed E-state index contributed by atoms with van der Waals surface area (Å²) in [6.45, 7) is 2.08. The van der Waals surface area contributed by atoms with Crippen LogP contribution in [0.5, 0.6) is 5.75 Å². The predicted octanol–water partition coefficient (Wildman–Crippen LogP) is 3.34. The molecule has 0 atom stereocenters. The summed E-state index contributed by atoms with van der Waals surface area (Å²) in [5.41, 5.74) is 7.51. The molecule has 0 spiro atoms. The number of halogens is 1. The van der Waals surface area contributed by atoms with Gasteiger partial charge in [-0.1, -0.05) is 24.6 Å². The number of rotatable bonds is 4. The number of aromatic nitrogens is 2. The maximum Gasteiger partial charge on any atom is 0.138 e. The lowest BCUT2D eigenvalue weighted by Gasteiger charge is -2.08. The van der Waals surface area contributed by atoms with Gasteiger partial charge in [-0.2, -0.15) is 0 Å². The molecule has 4 nitrogen and oxygen atoms in total. The first-order valence-electron chi connectivity index (χ1n) is 6.11. The van der Waals surface area contributed by atoms with E-state index in [1.807, 2.05) is 12.1 Å². The second-order valence-electron chi connectivity index (χ2n) is 4.19. The van der Waals surface area contributed by atoms with Gasteiger partial charge >= 0.3 is 0 Å². The first kappa shape index (κ1) is 13.6. The second-order valence-corrected chi connectivity index (χ2v) is 4.60. The van der Waals surface area contributed by atoms with Crippen molar-refractivity contribution in [3.05, 3.63) is 35.1 Å². The molecule has 0 saturated carbocycles. The minimum absolute atomic E-state index is 0.474. The summed E-state index contributed by atoms with van der Waals surface area (Å²) in [5, 5.41) is 0.571. The summed E-state index contributed by atoms with van der Waals surface area (Å²) in [7, 11) is 1.59. The third-order valence-corrected chi connectivity index (χ3v) is 3.03. The largest absolute Gasteiger partial charge is 0.495 e. The van der Waals surface area contributed by atoms with Crippen LogP contribution in [0, 0.1) is 0 Å². The van der Waals surface area contributed by atoms with E-state index in [1.165, 1.54) is 0 Å². The molecule has 1 aromatic heterocycles. The monoisotopic (exact) mass is 277 g/mol. The Morgan fingerprint density at radius 3 is 2.74 bits per heavy atom. The maximum atomic E-state index is 6.01. The molecule has 100 valence electrons. The molecule has 2 N–H and O–H groups in total. The first-order chi connectivity index (χ1) is 9.13. The number of nitrogens with two attached hydrogens (primary N) is 1. The Hall–Kier alpha value is -1.81. The smallest absolute Gasteiger partial charge is 0.138 e. The van der Waals surface area contributed by atoms with Crippen LogP contribution in [-0.4, -0.2) is 17.1 Å². The number of ether oxygens (including phenoxy) is 1. The number of benzene rings is 1. The van der Waals surface area contributed by atoms with E-state index in [4.69, 9.17) is 22.1 Å². The first-order valence-corrected chi connectivity index (χ1v) is 6.49. The molecule has 0 bridgehead atoms. The Morgan fingerprint density at radius 2 is 2.05 bits per heavy atom. The van der Waals surface area contributed by atoms with Crippen molar-refractivity contribution in [2.75, 3.05) is 12.8 Å². The molecule has 0 aliphatic rings. The zero-order chi connectivity index (χ0) is 13.8. The lowest BCUT2D eigenvalue weighted by atomic mass is 10.1. The Labute approximate surface area is 117 Å². The van der Waals surface area contributed by atoms with Crippen molar-refractivity contribution in [2.24, 2.45) is 0 Å². The molecule has 0 fully saturated rings. The van der Waals surface area contributed by atoms with E-state index < -0.39 is 0 Å². The molecule has 0 radical (unpaired) electrons. The van der Waals surface area contributed by atoms with Gasteiger partial charge in [0.05, 0.1) is 17.8 Å². The molecule has 1 heterocycles. The molecule has 0 unspecified atom stereocenters. The molecule has 0 amide bonds. The van der Waals surface area contributed by atoms with Gasteiger partial charge in [-0.3, -0.25) is 0 Å². The van der Waals surface area contributed by atoms with E-state index >= 15 is 0 Å². The summed E-state index contributed by atoms with van der Waals surface area (Å²) in [5.74, 6) is 1.85. The normalized spacial score (nSPS) is 10.5. The van der Waals surface area contributed by atoms with Crippen LogP contribution in [0.3, 0.4) is 0 Å². The SMILES string of the molecule is CCCc1nc(N)cc(-c2ccc(Cl)c(OC)c2)n1. The van der Waals surface area contributed by atoms with Gasteiger partial charge in [-0.25, -0.2) is 9.97 Å². The third kappa shape index (κ3) is 3.15. The van der Waals surface area contributed by atoms with Crippen molar-refractivity contribution in [3.63, 3.8) is 0 Å². The van der Waals surface area contributed by atoms with Crippen LogP contribution >= 0.6 is 11.6 Å². The molecule has 5 heteroatoms. The number of hydrogen-bond donors (Lipinski definition) is 1. The van der Waals surface area contributed by atoms with Gasteiger partial charge in [0.25, 0.3) is 0 Å². The molecule has 0 aliphatic carbocycles. The number of hydrogen-bond acceptors (Lipinski definition) is 4. The number of nitrogens with zero attached hydrogens (tertiary/aromatic N) is 2. The fraction of sp³-hybridized carbons (Fsp3) is 0.286. The predicted molar refractivity (Wildman–Crippen MR) is 77.4 cm³/mol. The summed E-state index contributed by atoms with van der Waals surface area (Å²) in [6.07, 6.45) is 1.79. The molecule has 0 saturated heterocycles. The molecular formula is C14H16ClN3O. The quantitative estimate of drug-likeness (QED) is 0.931. The Kier molecular flexibility index (Phi) is 4.22. The van der Waals surface area contributed by atoms with Gasteiger partial charge < -0.3 is 10.5 Å². The maximum absolute atomic E-state index is 6.01. The zero-order valence-electron chi connectivity index (χ0n) is 11.0. The van der Waals surface area contributed by atoms with Gasteiger partial charge in [-0.05, 0) is 18.6 Å². The molecule has 2 rings (SSSR count). The van der Waals surface area contributed by atoms with Crippen LogP contribution in [0.4, 0.5) is 5.82 Å². The van der Waals surface area contributed by atoms with E-state index in [-0.39, 0.29) is 0 Å². The molecule has 19 heavy (non-hydrogen) atoms. The van der Waals surface area contributed by atoms with E-state index in [2.05, 4.69) is 16.9 Å². The van der Waals surface area contributed by atoms with Gasteiger partial charge in [0, 0.05) is 18.1 Å². The Balaban J connectivity index is 2.46. The van der Waals surface area contributed by atoms with Crippen molar-refractivity contribution >= 4 is 17.4 Å². The third-order valence-electron chi connectivity index (χ3n) is 2.71. The Morgan fingerprint density at radius 1 is 1.26 bits per heavy atom. The van der Waals surface area contributed by atoms with Crippen LogP contribution in [0.1, 0.15) is 19.2 Å². The zero-order valence-corrected chi connectivity index (χ0v) is 11.7. The number of nitrogen functional groups attached to an aromatic ring is 1. The second kappa shape index (κ2) is 5.89.